The molecule has 110 valence electrons. The van der Waals surface area contributed by atoms with Crippen LogP contribution in [0.25, 0.3) is 0 Å². The van der Waals surface area contributed by atoms with Gasteiger partial charge >= 0.3 is 0 Å². The third kappa shape index (κ3) is 3.36. The summed E-state index contributed by atoms with van der Waals surface area (Å²) in [5.41, 5.74) is 4.50. The maximum Gasteiger partial charge on any atom is 0.236 e. The Balaban J connectivity index is 2.90. The lowest BCUT2D eigenvalue weighted by molar-refractivity contribution is -0.138. The SMILES string of the molecule is CN(C)CC1CC(O)CN1C(=O)C(C)(C)C(N)=NO. The number of oxime groups is 1. The van der Waals surface area contributed by atoms with E-state index in [0.717, 1.165) is 0 Å². The van der Waals surface area contributed by atoms with Gasteiger partial charge in [0.05, 0.1) is 6.10 Å². The van der Waals surface area contributed by atoms with Gasteiger partial charge in [-0.25, -0.2) is 0 Å². The molecule has 0 bridgehead atoms. The van der Waals surface area contributed by atoms with E-state index in [0.29, 0.717) is 19.5 Å². The number of hydrogen-bond acceptors (Lipinski definition) is 5. The van der Waals surface area contributed by atoms with Crippen molar-refractivity contribution in [1.82, 2.24) is 9.80 Å². The zero-order valence-corrected chi connectivity index (χ0v) is 12.0. The number of likely N-dealkylation sites (N-methyl/N-ethyl adjacent to an activating group) is 1. The highest BCUT2D eigenvalue weighted by Gasteiger charge is 2.43. The third-order valence-electron chi connectivity index (χ3n) is 3.51. The van der Waals surface area contributed by atoms with Crippen molar-refractivity contribution in [3.8, 4) is 0 Å². The van der Waals surface area contributed by atoms with Crippen molar-refractivity contribution in [1.29, 1.82) is 0 Å². The molecule has 1 fully saturated rings. The number of rotatable bonds is 4. The summed E-state index contributed by atoms with van der Waals surface area (Å²) in [7, 11) is 3.84. The third-order valence-corrected chi connectivity index (χ3v) is 3.51. The van der Waals surface area contributed by atoms with E-state index in [1.54, 1.807) is 18.7 Å². The van der Waals surface area contributed by atoms with Crippen LogP contribution in [0.1, 0.15) is 20.3 Å². The molecule has 0 radical (unpaired) electrons. The van der Waals surface area contributed by atoms with E-state index in [-0.39, 0.29) is 17.8 Å². The van der Waals surface area contributed by atoms with Crippen molar-refractivity contribution in [2.75, 3.05) is 27.2 Å². The van der Waals surface area contributed by atoms with Crippen LogP contribution in [0.5, 0.6) is 0 Å². The van der Waals surface area contributed by atoms with Crippen LogP contribution in [0.4, 0.5) is 0 Å². The highest BCUT2D eigenvalue weighted by molar-refractivity contribution is 6.06. The minimum absolute atomic E-state index is 0.0525. The summed E-state index contributed by atoms with van der Waals surface area (Å²) >= 11 is 0. The molecule has 1 amide bonds. The summed E-state index contributed by atoms with van der Waals surface area (Å²) in [5.74, 6) is -0.353. The molecule has 1 heterocycles. The minimum Gasteiger partial charge on any atom is -0.409 e. The Morgan fingerprint density at radius 1 is 1.53 bits per heavy atom. The lowest BCUT2D eigenvalue weighted by Crippen LogP contribution is -2.51. The average Bonchev–Trinajstić information content (AvgIpc) is 2.66. The number of carbonyl (C=O) groups is 1. The molecule has 0 aliphatic carbocycles. The lowest BCUT2D eigenvalue weighted by atomic mass is 9.90. The van der Waals surface area contributed by atoms with Crippen molar-refractivity contribution in [2.24, 2.45) is 16.3 Å². The van der Waals surface area contributed by atoms with E-state index in [1.165, 1.54) is 0 Å². The molecular formula is C12H24N4O3. The van der Waals surface area contributed by atoms with Crippen LogP contribution in [0.3, 0.4) is 0 Å². The summed E-state index contributed by atoms with van der Waals surface area (Å²) in [5, 5.41) is 21.5. The van der Waals surface area contributed by atoms with E-state index >= 15 is 0 Å². The number of aliphatic hydroxyl groups excluding tert-OH is 1. The van der Waals surface area contributed by atoms with Crippen LogP contribution in [-0.2, 0) is 4.79 Å². The van der Waals surface area contributed by atoms with Crippen molar-refractivity contribution in [3.05, 3.63) is 0 Å². The van der Waals surface area contributed by atoms with Crippen molar-refractivity contribution >= 4 is 11.7 Å². The number of carbonyl (C=O) groups excluding carboxylic acids is 1. The first-order chi connectivity index (χ1) is 8.70. The highest BCUT2D eigenvalue weighted by atomic mass is 16.4. The molecule has 1 saturated heterocycles. The second-order valence-electron chi connectivity index (χ2n) is 5.87. The second-order valence-corrected chi connectivity index (χ2v) is 5.87. The van der Waals surface area contributed by atoms with E-state index in [2.05, 4.69) is 5.16 Å². The topological polar surface area (TPSA) is 102 Å². The van der Waals surface area contributed by atoms with Crippen LogP contribution >= 0.6 is 0 Å². The van der Waals surface area contributed by atoms with Gasteiger partial charge in [-0.3, -0.25) is 4.79 Å². The van der Waals surface area contributed by atoms with Gasteiger partial charge in [0.25, 0.3) is 0 Å². The van der Waals surface area contributed by atoms with Crippen LogP contribution in [0.15, 0.2) is 5.16 Å². The van der Waals surface area contributed by atoms with Gasteiger partial charge < -0.3 is 25.8 Å². The summed E-state index contributed by atoms with van der Waals surface area (Å²) in [4.78, 5) is 16.1. The van der Waals surface area contributed by atoms with Gasteiger partial charge in [0, 0.05) is 19.1 Å². The van der Waals surface area contributed by atoms with Gasteiger partial charge in [0.15, 0.2) is 5.84 Å². The first kappa shape index (κ1) is 15.7. The van der Waals surface area contributed by atoms with Crippen molar-refractivity contribution < 1.29 is 15.1 Å². The molecule has 1 aliphatic heterocycles. The molecule has 4 N–H and O–H groups in total. The number of amides is 1. The molecule has 0 aromatic carbocycles. The summed E-state index contributed by atoms with van der Waals surface area (Å²) < 4.78 is 0. The Bertz CT molecular complexity index is 368. The normalized spacial score (nSPS) is 25.2. The van der Waals surface area contributed by atoms with Gasteiger partial charge in [-0.2, -0.15) is 0 Å². The fraction of sp³-hybridized carbons (Fsp3) is 0.833. The lowest BCUT2D eigenvalue weighted by Gasteiger charge is -2.33. The van der Waals surface area contributed by atoms with Crippen LogP contribution in [0.2, 0.25) is 0 Å². The molecule has 7 nitrogen and oxygen atoms in total. The molecule has 1 aliphatic rings. The predicted octanol–water partition coefficient (Wildman–Crippen LogP) is -0.718. The Hall–Kier alpha value is -1.34. The quantitative estimate of drug-likeness (QED) is 0.271. The number of likely N-dealkylation sites (tertiary alicyclic amines) is 1. The number of nitrogens with two attached hydrogens (primary N) is 1. The summed E-state index contributed by atoms with van der Waals surface area (Å²) in [6, 6.07) is -0.0525. The van der Waals surface area contributed by atoms with E-state index < -0.39 is 11.5 Å². The number of nitrogens with zero attached hydrogens (tertiary/aromatic N) is 3. The summed E-state index contributed by atoms with van der Waals surface area (Å²) in [6.45, 7) is 4.19. The van der Waals surface area contributed by atoms with Crippen LogP contribution in [-0.4, -0.2) is 71.2 Å². The first-order valence-electron chi connectivity index (χ1n) is 6.32. The Labute approximate surface area is 113 Å². The zero-order valence-electron chi connectivity index (χ0n) is 12.0. The molecule has 19 heavy (non-hydrogen) atoms. The van der Waals surface area contributed by atoms with E-state index in [1.807, 2.05) is 19.0 Å². The molecule has 0 aromatic heterocycles. The molecule has 2 atom stereocenters. The average molecular weight is 272 g/mol. The number of aliphatic hydroxyl groups is 1. The largest absolute Gasteiger partial charge is 0.409 e. The monoisotopic (exact) mass is 272 g/mol. The number of hydrogen-bond donors (Lipinski definition) is 3. The maximum absolute atomic E-state index is 12.5. The van der Waals surface area contributed by atoms with Crippen molar-refractivity contribution in [3.63, 3.8) is 0 Å². The molecule has 2 unspecified atom stereocenters. The Kier molecular flexibility index (Phi) is 4.75. The predicted molar refractivity (Wildman–Crippen MR) is 71.9 cm³/mol. The summed E-state index contributed by atoms with van der Waals surface area (Å²) in [6.07, 6.45) is 0.0351. The van der Waals surface area contributed by atoms with Crippen LogP contribution < -0.4 is 5.73 Å². The smallest absolute Gasteiger partial charge is 0.236 e. The first-order valence-corrected chi connectivity index (χ1v) is 6.32. The van der Waals surface area contributed by atoms with Gasteiger partial charge in [0.1, 0.15) is 5.41 Å². The molecule has 0 spiro atoms. The standard InChI is InChI=1S/C12H24N4O3/c1-12(2,10(13)14-19)11(18)16-7-9(17)5-8(16)6-15(3)4/h8-9,17,19H,5-7H2,1-4H3,(H2,13,14). The van der Waals surface area contributed by atoms with Gasteiger partial charge in [-0.05, 0) is 34.4 Å². The molecule has 1 rings (SSSR count). The Morgan fingerprint density at radius 3 is 2.58 bits per heavy atom. The second kappa shape index (κ2) is 5.75. The molecule has 0 saturated carbocycles. The van der Waals surface area contributed by atoms with E-state index in [9.17, 15) is 9.90 Å². The fourth-order valence-corrected chi connectivity index (χ4v) is 2.33. The maximum atomic E-state index is 12.5. The van der Waals surface area contributed by atoms with E-state index in [4.69, 9.17) is 10.9 Å². The molecule has 0 aromatic rings. The molecular weight excluding hydrogens is 248 g/mol. The zero-order chi connectivity index (χ0) is 14.8. The van der Waals surface area contributed by atoms with Gasteiger partial charge in [-0.15, -0.1) is 0 Å². The minimum atomic E-state index is -1.08. The van der Waals surface area contributed by atoms with Crippen molar-refractivity contribution in [2.45, 2.75) is 32.4 Å². The molecule has 7 heteroatoms. The fourth-order valence-electron chi connectivity index (χ4n) is 2.33. The highest BCUT2D eigenvalue weighted by Crippen LogP contribution is 2.26. The number of amidine groups is 1. The number of β-amino-alcohol motifs (C(OH)–C–C–N with tert-alkyl or cyclic N) is 1. The van der Waals surface area contributed by atoms with Gasteiger partial charge in [0.2, 0.25) is 5.91 Å². The van der Waals surface area contributed by atoms with Crippen LogP contribution in [0, 0.1) is 5.41 Å². The Morgan fingerprint density at radius 2 is 2.11 bits per heavy atom. The van der Waals surface area contributed by atoms with Gasteiger partial charge in [-0.1, -0.05) is 5.16 Å².